The zero-order valence-electron chi connectivity index (χ0n) is 11.6. The van der Waals surface area contributed by atoms with E-state index in [0.29, 0.717) is 31.3 Å². The second-order valence-corrected chi connectivity index (χ2v) is 4.48. The number of hydrogen-bond donors (Lipinski definition) is 0. The third-order valence-electron chi connectivity index (χ3n) is 3.01. The van der Waals surface area contributed by atoms with Crippen molar-refractivity contribution >= 4 is 0 Å². The molecular weight excluding hydrogens is 248 g/mol. The predicted octanol–water partition coefficient (Wildman–Crippen LogP) is 2.25. The van der Waals surface area contributed by atoms with Crippen LogP contribution in [0.2, 0.25) is 0 Å². The Balaban J connectivity index is 1.92. The Morgan fingerprint density at radius 1 is 1.26 bits per heavy atom. The minimum absolute atomic E-state index is 0.205. The van der Waals surface area contributed by atoms with Crippen LogP contribution in [0.3, 0.4) is 0 Å². The van der Waals surface area contributed by atoms with Crippen molar-refractivity contribution in [3.05, 3.63) is 11.7 Å². The van der Waals surface area contributed by atoms with Crippen LogP contribution in [0, 0.1) is 0 Å². The maximum absolute atomic E-state index is 5.66. The SMILES string of the molecule is CCOC(OCC)c1nc(CC2CCCCO2)no1. The van der Waals surface area contributed by atoms with Gasteiger partial charge in [0.2, 0.25) is 6.29 Å². The Morgan fingerprint density at radius 3 is 2.68 bits per heavy atom. The highest BCUT2D eigenvalue weighted by Gasteiger charge is 2.22. The van der Waals surface area contributed by atoms with Crippen molar-refractivity contribution in [3.8, 4) is 0 Å². The molecule has 2 heterocycles. The third-order valence-corrected chi connectivity index (χ3v) is 3.01. The molecule has 1 atom stereocenters. The van der Waals surface area contributed by atoms with E-state index >= 15 is 0 Å². The summed E-state index contributed by atoms with van der Waals surface area (Å²) in [6.07, 6.45) is 3.74. The summed E-state index contributed by atoms with van der Waals surface area (Å²) in [6.45, 7) is 5.70. The van der Waals surface area contributed by atoms with Crippen LogP contribution in [-0.2, 0) is 20.6 Å². The van der Waals surface area contributed by atoms with Crippen LogP contribution in [0.4, 0.5) is 0 Å². The van der Waals surface area contributed by atoms with Crippen LogP contribution in [0.5, 0.6) is 0 Å². The van der Waals surface area contributed by atoms with Crippen LogP contribution in [-0.4, -0.2) is 36.1 Å². The molecule has 0 bridgehead atoms. The first-order chi connectivity index (χ1) is 9.33. The molecule has 1 unspecified atom stereocenters. The third kappa shape index (κ3) is 4.26. The molecule has 19 heavy (non-hydrogen) atoms. The molecule has 2 rings (SSSR count). The molecule has 0 aliphatic carbocycles. The zero-order chi connectivity index (χ0) is 13.5. The molecule has 0 N–H and O–H groups in total. The first-order valence-corrected chi connectivity index (χ1v) is 7.00. The van der Waals surface area contributed by atoms with E-state index < -0.39 is 6.29 Å². The monoisotopic (exact) mass is 270 g/mol. The lowest BCUT2D eigenvalue weighted by Crippen LogP contribution is -2.21. The summed E-state index contributed by atoms with van der Waals surface area (Å²) in [5.41, 5.74) is 0. The van der Waals surface area contributed by atoms with Gasteiger partial charge in [0, 0.05) is 26.2 Å². The highest BCUT2D eigenvalue weighted by atomic mass is 16.7. The summed E-state index contributed by atoms with van der Waals surface area (Å²) in [5, 5.41) is 3.97. The second-order valence-electron chi connectivity index (χ2n) is 4.48. The largest absolute Gasteiger partial charge is 0.378 e. The molecule has 0 radical (unpaired) electrons. The quantitative estimate of drug-likeness (QED) is 0.708. The van der Waals surface area contributed by atoms with Gasteiger partial charge in [-0.3, -0.25) is 0 Å². The van der Waals surface area contributed by atoms with Crippen molar-refractivity contribution in [3.63, 3.8) is 0 Å². The van der Waals surface area contributed by atoms with Gasteiger partial charge in [0.25, 0.3) is 5.89 Å². The molecule has 0 amide bonds. The number of hydrogen-bond acceptors (Lipinski definition) is 6. The van der Waals surface area contributed by atoms with E-state index in [1.807, 2.05) is 13.8 Å². The van der Waals surface area contributed by atoms with Crippen LogP contribution in [0.15, 0.2) is 4.52 Å². The lowest BCUT2D eigenvalue weighted by Gasteiger charge is -2.20. The topological polar surface area (TPSA) is 66.6 Å². The van der Waals surface area contributed by atoms with Crippen LogP contribution < -0.4 is 0 Å². The van der Waals surface area contributed by atoms with E-state index in [9.17, 15) is 0 Å². The molecule has 1 aromatic rings. The van der Waals surface area contributed by atoms with E-state index in [1.54, 1.807) is 0 Å². The Morgan fingerprint density at radius 2 is 2.05 bits per heavy atom. The molecule has 1 aromatic heterocycles. The van der Waals surface area contributed by atoms with Gasteiger partial charge in [-0.05, 0) is 33.1 Å². The molecule has 0 aromatic carbocycles. The summed E-state index contributed by atoms with van der Waals surface area (Å²) in [7, 11) is 0. The van der Waals surface area contributed by atoms with Gasteiger partial charge in [-0.25, -0.2) is 0 Å². The number of rotatable bonds is 7. The van der Waals surface area contributed by atoms with Crippen molar-refractivity contribution in [1.29, 1.82) is 0 Å². The summed E-state index contributed by atoms with van der Waals surface area (Å²) >= 11 is 0. The summed E-state index contributed by atoms with van der Waals surface area (Å²) in [4.78, 5) is 4.33. The first kappa shape index (κ1) is 14.4. The summed E-state index contributed by atoms with van der Waals surface area (Å²) in [6, 6.07) is 0. The maximum atomic E-state index is 5.66. The maximum Gasteiger partial charge on any atom is 0.283 e. The van der Waals surface area contributed by atoms with Gasteiger partial charge >= 0.3 is 0 Å². The molecule has 1 aliphatic rings. The van der Waals surface area contributed by atoms with E-state index in [4.69, 9.17) is 18.7 Å². The second kappa shape index (κ2) is 7.57. The van der Waals surface area contributed by atoms with E-state index in [0.717, 1.165) is 19.4 Å². The minimum Gasteiger partial charge on any atom is -0.378 e. The fraction of sp³-hybridized carbons (Fsp3) is 0.846. The molecule has 108 valence electrons. The van der Waals surface area contributed by atoms with Gasteiger partial charge in [-0.2, -0.15) is 4.98 Å². The van der Waals surface area contributed by atoms with Gasteiger partial charge in [-0.15, -0.1) is 0 Å². The lowest BCUT2D eigenvalue weighted by atomic mass is 10.1. The van der Waals surface area contributed by atoms with Gasteiger partial charge in [-0.1, -0.05) is 5.16 Å². The molecule has 1 saturated heterocycles. The fourth-order valence-corrected chi connectivity index (χ4v) is 2.11. The standard InChI is InChI=1S/C13H22N2O4/c1-3-16-13(17-4-2)12-14-11(15-19-12)9-10-7-5-6-8-18-10/h10,13H,3-9H2,1-2H3. The molecule has 0 saturated carbocycles. The van der Waals surface area contributed by atoms with E-state index in [2.05, 4.69) is 10.1 Å². The Labute approximate surface area is 113 Å². The summed E-state index contributed by atoms with van der Waals surface area (Å²) in [5.74, 6) is 1.04. The van der Waals surface area contributed by atoms with Crippen LogP contribution in [0.25, 0.3) is 0 Å². The molecular formula is C13H22N2O4. The normalized spacial score (nSPS) is 20.1. The van der Waals surface area contributed by atoms with Crippen molar-refractivity contribution in [2.45, 2.75) is 51.9 Å². The number of nitrogens with zero attached hydrogens (tertiary/aromatic N) is 2. The van der Waals surface area contributed by atoms with Crippen LogP contribution >= 0.6 is 0 Å². The Bertz CT molecular complexity index is 357. The predicted molar refractivity (Wildman–Crippen MR) is 67.6 cm³/mol. The van der Waals surface area contributed by atoms with Crippen molar-refractivity contribution in [1.82, 2.24) is 10.1 Å². The lowest BCUT2D eigenvalue weighted by molar-refractivity contribution is -0.155. The molecule has 1 aliphatic heterocycles. The van der Waals surface area contributed by atoms with Crippen molar-refractivity contribution in [2.75, 3.05) is 19.8 Å². The Hall–Kier alpha value is -0.980. The van der Waals surface area contributed by atoms with E-state index in [-0.39, 0.29) is 6.10 Å². The highest BCUT2D eigenvalue weighted by Crippen LogP contribution is 2.19. The molecule has 6 nitrogen and oxygen atoms in total. The molecule has 1 fully saturated rings. The first-order valence-electron chi connectivity index (χ1n) is 7.00. The van der Waals surface area contributed by atoms with Crippen molar-refractivity contribution < 1.29 is 18.7 Å². The van der Waals surface area contributed by atoms with E-state index in [1.165, 1.54) is 6.42 Å². The summed E-state index contributed by atoms with van der Waals surface area (Å²) < 4.78 is 21.7. The molecule has 0 spiro atoms. The average molecular weight is 270 g/mol. The Kier molecular flexibility index (Phi) is 5.75. The fourth-order valence-electron chi connectivity index (χ4n) is 2.11. The average Bonchev–Trinajstić information content (AvgIpc) is 2.88. The minimum atomic E-state index is -0.566. The van der Waals surface area contributed by atoms with Crippen molar-refractivity contribution in [2.24, 2.45) is 0 Å². The van der Waals surface area contributed by atoms with Gasteiger partial charge in [0.05, 0.1) is 6.10 Å². The molecule has 6 heteroatoms. The highest BCUT2D eigenvalue weighted by molar-refractivity contribution is 4.90. The zero-order valence-corrected chi connectivity index (χ0v) is 11.6. The number of aromatic nitrogens is 2. The van der Waals surface area contributed by atoms with Gasteiger partial charge in [0.1, 0.15) is 0 Å². The van der Waals surface area contributed by atoms with Crippen LogP contribution in [0.1, 0.15) is 51.1 Å². The van der Waals surface area contributed by atoms with Gasteiger partial charge in [0.15, 0.2) is 5.82 Å². The van der Waals surface area contributed by atoms with Gasteiger partial charge < -0.3 is 18.7 Å². The smallest absolute Gasteiger partial charge is 0.283 e. The number of ether oxygens (including phenoxy) is 3.